The maximum atomic E-state index is 10.4. The van der Waals surface area contributed by atoms with Crippen molar-refractivity contribution in [2.45, 2.75) is 27.7 Å². The minimum absolute atomic E-state index is 0.438. The van der Waals surface area contributed by atoms with E-state index >= 15 is 0 Å². The highest BCUT2D eigenvalue weighted by Crippen LogP contribution is 2.41. The lowest BCUT2D eigenvalue weighted by Gasteiger charge is -2.18. The van der Waals surface area contributed by atoms with E-state index in [9.17, 15) is 10.5 Å². The van der Waals surface area contributed by atoms with Gasteiger partial charge in [0.15, 0.2) is 17.5 Å². The van der Waals surface area contributed by atoms with Gasteiger partial charge < -0.3 is 9.13 Å². The Labute approximate surface area is 370 Å². The Morgan fingerprint density at radius 2 is 0.766 bits per heavy atom. The predicted molar refractivity (Wildman–Crippen MR) is 259 cm³/mol. The highest BCUT2D eigenvalue weighted by Gasteiger charge is 2.23. The standard InChI is InChI=1S/C57H39N7/c1-34-10-20-49-43(26-34)44-27-35(2)11-21-50(44)63(49)53-24-16-39(33-59)30-47(53)56-60-55(41-8-6-5-7-9-41)61-57(62-56)48-31-42(40-17-14-38(32-58)15-18-40)19-25-54(48)64-51-22-12-36(3)28-45(51)46-29-37(4)13-23-52(46)64/h5-31H,1-4H3. The van der Waals surface area contributed by atoms with Gasteiger partial charge in [0, 0.05) is 38.2 Å². The van der Waals surface area contributed by atoms with Crippen LogP contribution in [0.4, 0.5) is 0 Å². The van der Waals surface area contributed by atoms with Crippen LogP contribution in [0.3, 0.4) is 0 Å². The lowest BCUT2D eigenvalue weighted by Crippen LogP contribution is -2.06. The Bertz CT molecular complexity index is 3670. The molecule has 7 nitrogen and oxygen atoms in total. The van der Waals surface area contributed by atoms with Crippen molar-refractivity contribution in [1.82, 2.24) is 24.1 Å². The van der Waals surface area contributed by atoms with E-state index in [-0.39, 0.29) is 0 Å². The second-order valence-corrected chi connectivity index (χ2v) is 16.7. The van der Waals surface area contributed by atoms with Crippen LogP contribution in [0.2, 0.25) is 0 Å². The number of hydrogen-bond donors (Lipinski definition) is 0. The number of aromatic nitrogens is 5. The predicted octanol–water partition coefficient (Wildman–Crippen LogP) is 13.7. The lowest BCUT2D eigenvalue weighted by molar-refractivity contribution is 1.06. The van der Waals surface area contributed by atoms with E-state index in [1.807, 2.05) is 72.8 Å². The maximum absolute atomic E-state index is 10.4. The number of nitriles is 2. The molecule has 0 atom stereocenters. The Hall–Kier alpha value is -8.65. The number of hydrogen-bond acceptors (Lipinski definition) is 5. The molecule has 0 fully saturated rings. The summed E-state index contributed by atoms with van der Waals surface area (Å²) in [5.41, 5.74) is 16.0. The molecule has 64 heavy (non-hydrogen) atoms. The molecule has 0 aliphatic rings. The van der Waals surface area contributed by atoms with Crippen molar-refractivity contribution in [2.75, 3.05) is 0 Å². The maximum Gasteiger partial charge on any atom is 0.166 e. The normalized spacial score (nSPS) is 11.4. The van der Waals surface area contributed by atoms with Crippen molar-refractivity contribution in [3.8, 4) is 68.8 Å². The fourth-order valence-electron chi connectivity index (χ4n) is 9.16. The van der Waals surface area contributed by atoms with Crippen LogP contribution in [-0.4, -0.2) is 24.1 Å². The summed E-state index contributed by atoms with van der Waals surface area (Å²) in [7, 11) is 0. The van der Waals surface area contributed by atoms with Crippen molar-refractivity contribution in [3.05, 3.63) is 197 Å². The molecule has 0 aliphatic carbocycles. The molecule has 0 radical (unpaired) electrons. The summed E-state index contributed by atoms with van der Waals surface area (Å²) < 4.78 is 4.58. The molecule has 3 aromatic heterocycles. The second kappa shape index (κ2) is 15.1. The molecule has 0 bridgehead atoms. The van der Waals surface area contributed by atoms with E-state index in [0.717, 1.165) is 77.2 Å². The molecule has 0 amide bonds. The van der Waals surface area contributed by atoms with Crippen molar-refractivity contribution < 1.29 is 0 Å². The minimum Gasteiger partial charge on any atom is -0.309 e. The molecule has 11 rings (SSSR count). The number of aryl methyl sites for hydroxylation is 4. The molecule has 3 heterocycles. The Kier molecular flexibility index (Phi) is 9.01. The summed E-state index contributed by atoms with van der Waals surface area (Å²) in [4.78, 5) is 16.0. The zero-order valence-corrected chi connectivity index (χ0v) is 35.7. The first-order chi connectivity index (χ1) is 31.2. The molecular formula is C57H39N7. The third-order valence-electron chi connectivity index (χ3n) is 12.3. The number of fused-ring (bicyclic) bond motifs is 6. The van der Waals surface area contributed by atoms with Gasteiger partial charge >= 0.3 is 0 Å². The average Bonchev–Trinajstić information content (AvgIpc) is 3.81. The van der Waals surface area contributed by atoms with Crippen LogP contribution >= 0.6 is 0 Å². The Morgan fingerprint density at radius 1 is 0.359 bits per heavy atom. The Balaban J connectivity index is 1.24. The van der Waals surface area contributed by atoms with Crippen molar-refractivity contribution in [3.63, 3.8) is 0 Å². The van der Waals surface area contributed by atoms with Gasteiger partial charge in [0.25, 0.3) is 0 Å². The largest absolute Gasteiger partial charge is 0.309 e. The monoisotopic (exact) mass is 821 g/mol. The van der Waals surface area contributed by atoms with Gasteiger partial charge in [-0.25, -0.2) is 15.0 Å². The van der Waals surface area contributed by atoms with E-state index < -0.39 is 0 Å². The summed E-state index contributed by atoms with van der Waals surface area (Å²) in [6, 6.07) is 60.8. The van der Waals surface area contributed by atoms with Crippen molar-refractivity contribution in [2.24, 2.45) is 0 Å². The van der Waals surface area contributed by atoms with Crippen LogP contribution in [-0.2, 0) is 0 Å². The van der Waals surface area contributed by atoms with Crippen LogP contribution < -0.4 is 0 Å². The first-order valence-corrected chi connectivity index (χ1v) is 21.3. The lowest BCUT2D eigenvalue weighted by atomic mass is 9.99. The summed E-state index contributed by atoms with van der Waals surface area (Å²) in [5.74, 6) is 1.42. The Morgan fingerprint density at radius 3 is 1.23 bits per heavy atom. The molecule has 7 heteroatoms. The van der Waals surface area contributed by atoms with E-state index in [1.165, 1.54) is 22.3 Å². The van der Waals surface area contributed by atoms with Gasteiger partial charge in [-0.3, -0.25) is 0 Å². The van der Waals surface area contributed by atoms with Gasteiger partial charge in [0.05, 0.1) is 56.7 Å². The summed E-state index contributed by atoms with van der Waals surface area (Å²) in [5, 5.41) is 24.6. The highest BCUT2D eigenvalue weighted by molar-refractivity contribution is 6.11. The van der Waals surface area contributed by atoms with Gasteiger partial charge in [0.2, 0.25) is 0 Å². The van der Waals surface area contributed by atoms with Crippen molar-refractivity contribution in [1.29, 1.82) is 10.5 Å². The number of rotatable bonds is 6. The van der Waals surface area contributed by atoms with E-state index in [2.05, 4.69) is 140 Å². The summed E-state index contributed by atoms with van der Waals surface area (Å²) in [6.45, 7) is 8.50. The molecule has 8 aromatic carbocycles. The molecule has 11 aromatic rings. The van der Waals surface area contributed by atoms with Crippen molar-refractivity contribution >= 4 is 43.6 Å². The zero-order valence-electron chi connectivity index (χ0n) is 35.7. The molecule has 0 aliphatic heterocycles. The van der Waals surface area contributed by atoms with Gasteiger partial charge in [-0.2, -0.15) is 10.5 Å². The fraction of sp³-hybridized carbons (Fsp3) is 0.0702. The smallest absolute Gasteiger partial charge is 0.166 e. The molecule has 0 saturated heterocycles. The van der Waals surface area contributed by atoms with Crippen LogP contribution in [0.1, 0.15) is 33.4 Å². The minimum atomic E-state index is 0.438. The molecule has 0 N–H and O–H groups in total. The first-order valence-electron chi connectivity index (χ1n) is 21.3. The van der Waals surface area contributed by atoms with Crippen LogP contribution in [0, 0.1) is 50.4 Å². The van der Waals surface area contributed by atoms with E-state index in [1.54, 1.807) is 0 Å². The number of benzene rings is 8. The SMILES string of the molecule is Cc1ccc2c(c1)c1cc(C)ccc1n2-c1ccc(C#N)cc1-c1nc(-c2ccccc2)nc(-c2cc(-c3ccc(C#N)cc3)ccc2-n2c3ccc(C)cc3c3cc(C)ccc32)n1. The third-order valence-corrected chi connectivity index (χ3v) is 12.3. The van der Waals surface area contributed by atoms with Crippen LogP contribution in [0.5, 0.6) is 0 Å². The molecule has 0 saturated carbocycles. The highest BCUT2D eigenvalue weighted by atomic mass is 15.1. The molecular weight excluding hydrogens is 783 g/mol. The molecule has 0 unspecified atom stereocenters. The quantitative estimate of drug-likeness (QED) is 0.166. The summed E-state index contributed by atoms with van der Waals surface area (Å²) in [6.07, 6.45) is 0. The zero-order chi connectivity index (χ0) is 43.6. The molecule has 0 spiro atoms. The van der Waals surface area contributed by atoms with Crippen LogP contribution in [0.25, 0.3) is 100 Å². The van der Waals surface area contributed by atoms with Gasteiger partial charge in [-0.15, -0.1) is 0 Å². The van der Waals surface area contributed by atoms with Crippen LogP contribution in [0.15, 0.2) is 164 Å². The third kappa shape index (κ3) is 6.38. The van der Waals surface area contributed by atoms with Gasteiger partial charge in [-0.05, 0) is 130 Å². The number of nitrogens with zero attached hydrogens (tertiary/aromatic N) is 7. The first kappa shape index (κ1) is 38.3. The van der Waals surface area contributed by atoms with E-state index in [0.29, 0.717) is 34.2 Å². The summed E-state index contributed by atoms with van der Waals surface area (Å²) >= 11 is 0. The molecule has 302 valence electrons. The van der Waals surface area contributed by atoms with Gasteiger partial charge in [-0.1, -0.05) is 95.1 Å². The topological polar surface area (TPSA) is 96.1 Å². The average molecular weight is 822 g/mol. The van der Waals surface area contributed by atoms with E-state index in [4.69, 9.17) is 15.0 Å². The second-order valence-electron chi connectivity index (χ2n) is 16.7. The van der Waals surface area contributed by atoms with Gasteiger partial charge in [0.1, 0.15) is 0 Å². The fourth-order valence-corrected chi connectivity index (χ4v) is 9.16.